The normalized spacial score (nSPS) is 13.8. The van der Waals surface area contributed by atoms with E-state index in [1.54, 1.807) is 12.1 Å². The minimum Gasteiger partial charge on any atom is -0.481 e. The van der Waals surface area contributed by atoms with Crippen LogP contribution in [0.4, 0.5) is 17.1 Å². The summed E-state index contributed by atoms with van der Waals surface area (Å²) < 4.78 is 44.2. The molecule has 2 aliphatic rings. The smallest absolute Gasteiger partial charge is 0.303 e. The van der Waals surface area contributed by atoms with Crippen molar-refractivity contribution >= 4 is 131 Å². The van der Waals surface area contributed by atoms with Crippen molar-refractivity contribution < 1.29 is 41.9 Å². The first-order valence-electron chi connectivity index (χ1n) is 28.4. The zero-order valence-corrected chi connectivity index (χ0v) is 53.1. The minimum atomic E-state index is -4.02. The van der Waals surface area contributed by atoms with Gasteiger partial charge in [0.15, 0.2) is 5.75 Å². The van der Waals surface area contributed by atoms with E-state index in [0.717, 1.165) is 109 Å². The summed E-state index contributed by atoms with van der Waals surface area (Å²) >= 11 is 31.7. The molecule has 458 valence electrons. The average Bonchev–Trinajstić information content (AvgIpc) is 2.00. The number of furan rings is 1. The molecule has 0 amide bonds. The Balaban J connectivity index is 0.000000211. The number of allylic oxidation sites excluding steroid dienone is 4. The Bertz CT molecular complexity index is 4040. The fraction of sp³-hybridized carbons (Fsp3) is 0.265. The van der Waals surface area contributed by atoms with Gasteiger partial charge in [-0.05, 0) is 167 Å². The number of aromatic nitrogens is 1. The lowest BCUT2D eigenvalue weighted by Gasteiger charge is -2.24. The highest BCUT2D eigenvalue weighted by atomic mass is 35.5. The van der Waals surface area contributed by atoms with Crippen molar-refractivity contribution in [2.45, 2.75) is 105 Å². The molecule has 87 heavy (non-hydrogen) atoms. The molecule has 19 heteroatoms. The van der Waals surface area contributed by atoms with E-state index in [2.05, 4.69) is 94.7 Å². The second kappa shape index (κ2) is 30.2. The third-order valence-electron chi connectivity index (χ3n) is 14.8. The lowest BCUT2D eigenvalue weighted by molar-refractivity contribution is -0.138. The zero-order valence-electron chi connectivity index (χ0n) is 48.5. The van der Waals surface area contributed by atoms with E-state index in [0.29, 0.717) is 59.0 Å². The van der Waals surface area contributed by atoms with Gasteiger partial charge < -0.3 is 38.6 Å². The number of anilines is 3. The van der Waals surface area contributed by atoms with Crippen molar-refractivity contribution in [3.8, 4) is 16.9 Å². The maximum atomic E-state index is 11.2. The molecule has 0 fully saturated rings. The van der Waals surface area contributed by atoms with Gasteiger partial charge >= 0.3 is 11.9 Å². The Hall–Kier alpha value is -7.14. The van der Waals surface area contributed by atoms with Crippen LogP contribution in [0.5, 0.6) is 5.75 Å². The number of benzene rings is 6. The van der Waals surface area contributed by atoms with Crippen LogP contribution in [-0.2, 0) is 39.1 Å². The number of halogens is 5. The highest BCUT2D eigenvalue weighted by Crippen LogP contribution is 2.47. The fourth-order valence-corrected chi connectivity index (χ4v) is 11.9. The number of carbonyl (C=O) groups is 2. The van der Waals surface area contributed by atoms with Crippen LogP contribution in [0.3, 0.4) is 0 Å². The number of hydrogen-bond donors (Lipinski definition) is 3. The Morgan fingerprint density at radius 3 is 1.92 bits per heavy atom. The number of fused-ring (bicyclic) bond motifs is 4. The quantitative estimate of drug-likeness (QED) is 0.0657. The summed E-state index contributed by atoms with van der Waals surface area (Å²) in [4.78, 5) is 28.8. The number of ether oxygens (including phenoxy) is 1. The molecule has 0 unspecified atom stereocenters. The summed E-state index contributed by atoms with van der Waals surface area (Å²) in [5.74, 6) is 1.80. The highest BCUT2D eigenvalue weighted by Gasteiger charge is 2.32. The molecular formula is C68H71Cl5N4O9S. The van der Waals surface area contributed by atoms with E-state index >= 15 is 0 Å². The third-order valence-corrected chi connectivity index (χ3v) is 17.3. The van der Waals surface area contributed by atoms with Crippen molar-refractivity contribution in [1.82, 2.24) is 4.57 Å². The van der Waals surface area contributed by atoms with Crippen LogP contribution in [0.1, 0.15) is 102 Å². The molecule has 13 nitrogen and oxygen atoms in total. The number of carboxylic acids is 2. The van der Waals surface area contributed by atoms with Crippen molar-refractivity contribution in [2.75, 3.05) is 34.3 Å². The van der Waals surface area contributed by atoms with Gasteiger partial charge in [0.2, 0.25) is 5.88 Å². The van der Waals surface area contributed by atoms with E-state index in [-0.39, 0.29) is 25.2 Å². The predicted octanol–water partition coefficient (Wildman–Crippen LogP) is 19.5. The van der Waals surface area contributed by atoms with Crippen LogP contribution in [-0.4, -0.2) is 59.3 Å². The van der Waals surface area contributed by atoms with Crippen molar-refractivity contribution in [3.05, 3.63) is 204 Å². The van der Waals surface area contributed by atoms with E-state index in [1.807, 2.05) is 87.5 Å². The molecule has 0 saturated carbocycles. The van der Waals surface area contributed by atoms with Gasteiger partial charge in [-0.3, -0.25) is 14.1 Å². The van der Waals surface area contributed by atoms with Gasteiger partial charge in [0.1, 0.15) is 17.2 Å². The summed E-state index contributed by atoms with van der Waals surface area (Å²) in [5.41, 5.74) is 12.3. The zero-order chi connectivity index (χ0) is 62.0. The van der Waals surface area contributed by atoms with E-state index in [1.165, 1.54) is 28.8 Å². The van der Waals surface area contributed by atoms with Crippen LogP contribution >= 0.6 is 58.0 Å². The Morgan fingerprint density at radius 2 is 1.30 bits per heavy atom. The molecule has 2 aliphatic heterocycles. The number of aryl methyl sites for hydroxylation is 4. The highest BCUT2D eigenvalue weighted by molar-refractivity contribution is 7.85. The van der Waals surface area contributed by atoms with Crippen LogP contribution in [0.15, 0.2) is 160 Å². The predicted molar refractivity (Wildman–Crippen MR) is 359 cm³/mol. The second-order valence-electron chi connectivity index (χ2n) is 20.3. The SMILES string of the molecule is C.CCC(/C=C1\Oc2ccc(-c3ccccc3)cc2N1CC)=C\c1oc2ccc(Cl)cc2c1CC.CCN1/C(=C\C=C\c2c(CCCC(=O)O)c3cc(Cl)c(Cl)cc3n2CC)N(CCCC(=O)O)c2cc(Cl)c(Cl)cc21.Cc1ccc(S(=O)(=O)O)cc1. The first kappa shape index (κ1) is 67.4. The van der Waals surface area contributed by atoms with Gasteiger partial charge in [0.25, 0.3) is 10.1 Å². The van der Waals surface area contributed by atoms with Crippen LogP contribution in [0.2, 0.25) is 25.1 Å². The molecule has 0 bridgehead atoms. The van der Waals surface area contributed by atoms with Crippen LogP contribution < -0.4 is 19.4 Å². The fourth-order valence-electron chi connectivity index (χ4n) is 10.6. The average molecular weight is 1300 g/mol. The Kier molecular flexibility index (Phi) is 23.4. The van der Waals surface area contributed by atoms with Gasteiger partial charge in [-0.1, -0.05) is 139 Å². The van der Waals surface area contributed by atoms with Gasteiger partial charge in [0.05, 0.1) is 47.6 Å². The number of hydrogen-bond acceptors (Lipinski definition) is 9. The molecule has 6 aromatic carbocycles. The summed E-state index contributed by atoms with van der Waals surface area (Å²) in [5, 5.41) is 23.0. The Labute approximate surface area is 534 Å². The molecule has 0 radical (unpaired) electrons. The summed E-state index contributed by atoms with van der Waals surface area (Å²) in [6, 6.07) is 36.0. The first-order valence-corrected chi connectivity index (χ1v) is 31.7. The van der Waals surface area contributed by atoms with E-state index in [9.17, 15) is 28.2 Å². The van der Waals surface area contributed by atoms with Crippen LogP contribution in [0, 0.1) is 6.92 Å². The number of carboxylic acid groups (broad SMARTS) is 2. The van der Waals surface area contributed by atoms with E-state index in [4.69, 9.17) is 71.7 Å². The molecule has 0 spiro atoms. The molecule has 0 aliphatic carbocycles. The van der Waals surface area contributed by atoms with Crippen molar-refractivity contribution in [3.63, 3.8) is 0 Å². The van der Waals surface area contributed by atoms with E-state index < -0.39 is 22.1 Å². The molecular weight excluding hydrogens is 1230 g/mol. The lowest BCUT2D eigenvalue weighted by Crippen LogP contribution is -2.29. The topological polar surface area (TPSA) is 166 Å². The molecule has 4 heterocycles. The van der Waals surface area contributed by atoms with Gasteiger partial charge in [-0.25, -0.2) is 0 Å². The molecule has 0 atom stereocenters. The maximum Gasteiger partial charge on any atom is 0.303 e. The largest absolute Gasteiger partial charge is 0.481 e. The van der Waals surface area contributed by atoms with Crippen molar-refractivity contribution in [1.29, 1.82) is 0 Å². The van der Waals surface area contributed by atoms with Crippen molar-refractivity contribution in [2.24, 2.45) is 0 Å². The second-order valence-corrected chi connectivity index (χ2v) is 23.8. The van der Waals surface area contributed by atoms with Gasteiger partial charge in [-0.2, -0.15) is 8.42 Å². The minimum absolute atomic E-state index is 0. The van der Waals surface area contributed by atoms with Gasteiger partial charge in [-0.15, -0.1) is 0 Å². The number of rotatable bonds is 19. The van der Waals surface area contributed by atoms with Gasteiger partial charge in [0, 0.05) is 72.1 Å². The molecule has 2 aromatic heterocycles. The summed E-state index contributed by atoms with van der Waals surface area (Å²) in [7, 11) is -4.02. The number of aliphatic carboxylic acids is 2. The molecule has 8 aromatic rings. The summed E-state index contributed by atoms with van der Waals surface area (Å²) in [6.07, 6.45) is 13.6. The summed E-state index contributed by atoms with van der Waals surface area (Å²) in [6.45, 7) is 15.0. The third kappa shape index (κ3) is 16.0. The molecule has 10 rings (SSSR count). The molecule has 0 saturated heterocycles. The number of nitrogens with zero attached hydrogens (tertiary/aromatic N) is 4. The standard InChI is InChI=1S/C30H31Cl4N3O4.C30H28ClNO2.C7H8O3S.CH4/c1-3-35-24(18(8-5-11-29(38)39)19-14-20(31)21(32)15-25(19)35)9-6-10-28-36(4-2)26-16-22(33)23(34)17-27(26)37(28)13-7-12-30(40)41;1-4-20(16-29-24(5-2)25-19-23(31)13-15-27(25)33-29)17-30-32(6-3)26-18-22(12-14-28(26)34-30)21-10-8-7-9-11-21;1-6-2-4-7(5-3-6)11(8,9)10;/h6,9-10,14-17H,3-5,7-8,11-13H2,1-2H3,(H,38,39)(H,40,41);7-19H,4-6H2,1-3H3;2-5H,1H3,(H,8,9,10);1H4/b9-6+,28-10+;20-16+,30-17-;;. The first-order chi connectivity index (χ1) is 41.2. The maximum absolute atomic E-state index is 11.2. The Morgan fingerprint density at radius 1 is 0.655 bits per heavy atom. The molecule has 3 N–H and O–H groups in total. The monoisotopic (exact) mass is 1290 g/mol. The lowest BCUT2D eigenvalue weighted by atomic mass is 10.0. The van der Waals surface area contributed by atoms with Crippen LogP contribution in [0.25, 0.3) is 45.2 Å².